The van der Waals surface area contributed by atoms with Crippen molar-refractivity contribution in [3.8, 4) is 0 Å². The van der Waals surface area contributed by atoms with E-state index in [-0.39, 0.29) is 11.3 Å². The maximum atomic E-state index is 13.1. The van der Waals surface area contributed by atoms with Crippen LogP contribution >= 0.6 is 0 Å². The Hall–Kier alpha value is -1.01. The monoisotopic (exact) mass is 207 g/mol. The summed E-state index contributed by atoms with van der Waals surface area (Å²) in [5.41, 5.74) is -0.379. The van der Waals surface area contributed by atoms with Crippen LogP contribution in [-0.4, -0.2) is 8.76 Å². The lowest BCUT2D eigenvalue weighted by Gasteiger charge is -2.05. The Morgan fingerprint density at radius 2 is 2.08 bits per heavy atom. The standard InChI is InChI=1S/C7H7F2NO2S/c1-4-5(8)2-3-6(7(4)9)10-13(11)12/h2-3,10H,1H3,(H,11,12). The first-order chi connectivity index (χ1) is 6.02. The summed E-state index contributed by atoms with van der Waals surface area (Å²) in [7, 11) is 0. The van der Waals surface area contributed by atoms with Gasteiger partial charge in [0.2, 0.25) is 0 Å². The normalized spacial score (nSPS) is 12.6. The van der Waals surface area contributed by atoms with E-state index in [0.29, 0.717) is 0 Å². The van der Waals surface area contributed by atoms with Crippen LogP contribution in [0.25, 0.3) is 0 Å². The van der Waals surface area contributed by atoms with Crippen molar-refractivity contribution in [3.05, 3.63) is 29.3 Å². The van der Waals surface area contributed by atoms with E-state index in [1.165, 1.54) is 6.92 Å². The maximum Gasteiger partial charge on any atom is 0.259 e. The molecule has 0 aliphatic heterocycles. The van der Waals surface area contributed by atoms with Crippen LogP contribution in [0, 0.1) is 18.6 Å². The van der Waals surface area contributed by atoms with Crippen molar-refractivity contribution in [3.63, 3.8) is 0 Å². The van der Waals surface area contributed by atoms with Crippen LogP contribution in [0.15, 0.2) is 12.1 Å². The molecular weight excluding hydrogens is 200 g/mol. The average Bonchev–Trinajstić information content (AvgIpc) is 2.06. The molecular formula is C7H7F2NO2S. The van der Waals surface area contributed by atoms with Crippen molar-refractivity contribution in [2.45, 2.75) is 6.92 Å². The molecule has 0 aromatic heterocycles. The van der Waals surface area contributed by atoms with Crippen molar-refractivity contribution in [1.29, 1.82) is 0 Å². The minimum absolute atomic E-state index is 0.185. The summed E-state index contributed by atoms with van der Waals surface area (Å²) in [6, 6.07) is 2.08. The molecule has 1 aromatic carbocycles. The Kier molecular flexibility index (Phi) is 2.94. The molecule has 6 heteroatoms. The molecule has 2 N–H and O–H groups in total. The van der Waals surface area contributed by atoms with Gasteiger partial charge in [-0.2, -0.15) is 0 Å². The Morgan fingerprint density at radius 1 is 1.46 bits per heavy atom. The van der Waals surface area contributed by atoms with Crippen LogP contribution in [0.4, 0.5) is 14.5 Å². The first-order valence-corrected chi connectivity index (χ1v) is 4.45. The highest BCUT2D eigenvalue weighted by atomic mass is 32.2. The molecule has 3 nitrogen and oxygen atoms in total. The molecule has 13 heavy (non-hydrogen) atoms. The zero-order valence-electron chi connectivity index (χ0n) is 6.67. The van der Waals surface area contributed by atoms with Crippen molar-refractivity contribution in [1.82, 2.24) is 0 Å². The number of hydrogen-bond acceptors (Lipinski definition) is 1. The third kappa shape index (κ3) is 2.22. The summed E-state index contributed by atoms with van der Waals surface area (Å²) in [4.78, 5) is 0. The Bertz CT molecular complexity index is 357. The molecule has 1 aromatic rings. The Morgan fingerprint density at radius 3 is 2.62 bits per heavy atom. The smallest absolute Gasteiger partial charge is 0.259 e. The van der Waals surface area contributed by atoms with E-state index in [2.05, 4.69) is 0 Å². The molecule has 1 unspecified atom stereocenters. The Balaban J connectivity index is 3.10. The fourth-order valence-corrected chi connectivity index (χ4v) is 1.18. The molecule has 0 saturated heterocycles. The SMILES string of the molecule is Cc1c(F)ccc(NS(=O)O)c1F. The van der Waals surface area contributed by atoms with E-state index in [4.69, 9.17) is 4.55 Å². The number of anilines is 1. The van der Waals surface area contributed by atoms with Gasteiger partial charge in [0.25, 0.3) is 11.3 Å². The van der Waals surface area contributed by atoms with Crippen LogP contribution in [0.1, 0.15) is 5.56 Å². The molecule has 0 aliphatic rings. The van der Waals surface area contributed by atoms with E-state index in [1.807, 2.05) is 4.72 Å². The molecule has 0 saturated carbocycles. The van der Waals surface area contributed by atoms with Crippen molar-refractivity contribution >= 4 is 17.0 Å². The van der Waals surface area contributed by atoms with E-state index >= 15 is 0 Å². The predicted molar refractivity (Wildman–Crippen MR) is 45.5 cm³/mol. The summed E-state index contributed by atoms with van der Waals surface area (Å²) in [6.07, 6.45) is 0. The minimum atomic E-state index is -2.35. The van der Waals surface area contributed by atoms with Crippen molar-refractivity contribution in [2.75, 3.05) is 4.72 Å². The van der Waals surface area contributed by atoms with Gasteiger partial charge >= 0.3 is 0 Å². The highest BCUT2D eigenvalue weighted by Crippen LogP contribution is 2.20. The number of benzene rings is 1. The number of halogens is 2. The van der Waals surface area contributed by atoms with E-state index in [0.717, 1.165) is 12.1 Å². The molecule has 0 aliphatic carbocycles. The first kappa shape index (κ1) is 10.1. The molecule has 0 bridgehead atoms. The lowest BCUT2D eigenvalue weighted by molar-refractivity contribution is 0.562. The highest BCUT2D eigenvalue weighted by Gasteiger charge is 2.10. The van der Waals surface area contributed by atoms with Gasteiger partial charge < -0.3 is 0 Å². The van der Waals surface area contributed by atoms with E-state index in [1.54, 1.807) is 0 Å². The van der Waals surface area contributed by atoms with Gasteiger partial charge in [-0.05, 0) is 19.1 Å². The fraction of sp³-hybridized carbons (Fsp3) is 0.143. The zero-order valence-corrected chi connectivity index (χ0v) is 7.49. The topological polar surface area (TPSA) is 49.3 Å². The molecule has 0 fully saturated rings. The third-order valence-corrected chi connectivity index (χ3v) is 1.91. The Labute approximate surface area is 76.2 Å². The summed E-state index contributed by atoms with van der Waals surface area (Å²) < 4.78 is 46.3. The second-order valence-corrected chi connectivity index (χ2v) is 3.09. The van der Waals surface area contributed by atoms with Crippen molar-refractivity contribution in [2.24, 2.45) is 0 Å². The summed E-state index contributed by atoms with van der Waals surface area (Å²) in [5, 5.41) is 0. The van der Waals surface area contributed by atoms with Crippen LogP contribution in [0.5, 0.6) is 0 Å². The van der Waals surface area contributed by atoms with Gasteiger partial charge in [-0.1, -0.05) is 0 Å². The molecule has 1 rings (SSSR count). The third-order valence-electron chi connectivity index (χ3n) is 1.52. The lowest BCUT2D eigenvalue weighted by atomic mass is 10.2. The van der Waals surface area contributed by atoms with Gasteiger partial charge in [0.05, 0.1) is 5.69 Å². The number of nitrogens with one attached hydrogen (secondary N) is 1. The minimum Gasteiger partial charge on any atom is -0.289 e. The van der Waals surface area contributed by atoms with Crippen LogP contribution in [0.3, 0.4) is 0 Å². The predicted octanol–water partition coefficient (Wildman–Crippen LogP) is 1.82. The van der Waals surface area contributed by atoms with E-state index < -0.39 is 22.9 Å². The van der Waals surface area contributed by atoms with Gasteiger partial charge in [0.1, 0.15) is 5.82 Å². The molecule has 0 heterocycles. The van der Waals surface area contributed by atoms with Crippen LogP contribution in [0.2, 0.25) is 0 Å². The van der Waals surface area contributed by atoms with Gasteiger partial charge in [-0.15, -0.1) is 0 Å². The second-order valence-electron chi connectivity index (χ2n) is 2.39. The molecule has 1 atom stereocenters. The van der Waals surface area contributed by atoms with Gasteiger partial charge in [-0.3, -0.25) is 9.27 Å². The maximum absolute atomic E-state index is 13.1. The zero-order chi connectivity index (χ0) is 10.0. The van der Waals surface area contributed by atoms with Crippen LogP contribution < -0.4 is 4.72 Å². The molecule has 72 valence electrons. The highest BCUT2D eigenvalue weighted by molar-refractivity contribution is 7.80. The van der Waals surface area contributed by atoms with Gasteiger partial charge in [0, 0.05) is 5.56 Å². The average molecular weight is 207 g/mol. The number of hydrogen-bond donors (Lipinski definition) is 2. The number of rotatable bonds is 2. The van der Waals surface area contributed by atoms with Crippen molar-refractivity contribution < 1.29 is 17.5 Å². The summed E-state index contributed by atoms with van der Waals surface area (Å²) >= 11 is -2.35. The quantitative estimate of drug-likeness (QED) is 0.727. The summed E-state index contributed by atoms with van der Waals surface area (Å²) in [6.45, 7) is 1.25. The molecule has 0 radical (unpaired) electrons. The van der Waals surface area contributed by atoms with Gasteiger partial charge in [-0.25, -0.2) is 13.0 Å². The molecule has 0 spiro atoms. The van der Waals surface area contributed by atoms with E-state index in [9.17, 15) is 13.0 Å². The first-order valence-electron chi connectivity index (χ1n) is 3.34. The largest absolute Gasteiger partial charge is 0.289 e. The fourth-order valence-electron chi connectivity index (χ4n) is 0.834. The molecule has 0 amide bonds. The van der Waals surface area contributed by atoms with Gasteiger partial charge in [0.15, 0.2) is 5.82 Å². The van der Waals surface area contributed by atoms with Crippen LogP contribution in [-0.2, 0) is 11.3 Å². The second kappa shape index (κ2) is 3.80. The lowest BCUT2D eigenvalue weighted by Crippen LogP contribution is -2.05. The summed E-state index contributed by atoms with van der Waals surface area (Å²) in [5.74, 6) is -1.55.